The maximum absolute atomic E-state index is 14.3. The zero-order valence-corrected chi connectivity index (χ0v) is 40.0. The molecule has 4 aromatic carbocycles. The van der Waals surface area contributed by atoms with Gasteiger partial charge in [0.2, 0.25) is 10.2 Å². The summed E-state index contributed by atoms with van der Waals surface area (Å²) in [6.45, 7) is 4.92. The highest BCUT2D eigenvalue weighted by Crippen LogP contribution is 2.56. The van der Waals surface area contributed by atoms with Crippen LogP contribution in [-0.2, 0) is 32.5 Å². The number of carbonyl (C=O) groups excluding carboxylic acids is 4. The Kier molecular flexibility index (Phi) is 13.4. The molecule has 1 saturated heterocycles. The van der Waals surface area contributed by atoms with Crippen molar-refractivity contribution in [3.8, 4) is 21.6 Å². The summed E-state index contributed by atoms with van der Waals surface area (Å²) in [7, 11) is 0. The molecule has 0 radical (unpaired) electrons. The van der Waals surface area contributed by atoms with Crippen LogP contribution >= 0.6 is 46.2 Å². The molecule has 4 aliphatic rings. The van der Waals surface area contributed by atoms with Crippen LogP contribution in [0, 0.1) is 5.92 Å². The van der Waals surface area contributed by atoms with E-state index >= 15 is 0 Å². The maximum atomic E-state index is 14.3. The number of esters is 2. The summed E-state index contributed by atoms with van der Waals surface area (Å²) in [5, 5.41) is 0.529. The number of epoxide rings is 1. The van der Waals surface area contributed by atoms with Crippen LogP contribution < -0.4 is 18.9 Å². The average Bonchev–Trinajstić information content (AvgIpc) is 4.22. The van der Waals surface area contributed by atoms with Gasteiger partial charge in [0, 0.05) is 16.5 Å². The topological polar surface area (TPSA) is 136 Å². The van der Waals surface area contributed by atoms with E-state index in [0.29, 0.717) is 64.8 Å². The van der Waals surface area contributed by atoms with Gasteiger partial charge in [0.1, 0.15) is 17.6 Å². The summed E-state index contributed by atoms with van der Waals surface area (Å²) in [5.74, 6) is 0.745. The molecule has 1 spiro atoms. The predicted molar refractivity (Wildman–Crippen MR) is 257 cm³/mol. The minimum atomic E-state index is -0.523. The highest BCUT2D eigenvalue weighted by Gasteiger charge is 2.48. The van der Waals surface area contributed by atoms with Crippen molar-refractivity contribution in [1.29, 1.82) is 0 Å². The highest BCUT2D eigenvalue weighted by molar-refractivity contribution is 8.15. The first kappa shape index (κ1) is 45.5. The number of thioether (sulfide) groups is 2. The Balaban J connectivity index is 0.775. The first-order chi connectivity index (χ1) is 32.6. The van der Waals surface area contributed by atoms with Crippen molar-refractivity contribution in [2.45, 2.75) is 84.5 Å². The van der Waals surface area contributed by atoms with Gasteiger partial charge in [0.25, 0.3) is 0 Å². The number of thiophene rings is 2. The molecule has 0 bridgehead atoms. The fourth-order valence-corrected chi connectivity index (χ4v) is 12.5. The number of ether oxygens (including phenoxy) is 7. The Morgan fingerprint density at radius 3 is 1.54 bits per heavy atom. The van der Waals surface area contributed by atoms with Crippen molar-refractivity contribution < 1.29 is 52.3 Å². The Morgan fingerprint density at radius 1 is 0.627 bits per heavy atom. The van der Waals surface area contributed by atoms with Crippen LogP contribution in [0.2, 0.25) is 0 Å². The molecule has 344 valence electrons. The number of hydrogen-bond donors (Lipinski definition) is 0. The van der Waals surface area contributed by atoms with Crippen molar-refractivity contribution >= 4 is 68.4 Å². The zero-order valence-electron chi connectivity index (χ0n) is 36.7. The average molecular weight is 975 g/mol. The van der Waals surface area contributed by atoms with Gasteiger partial charge >= 0.3 is 11.9 Å². The minimum Gasteiger partial charge on any atom is -0.468 e. The molecule has 1 saturated carbocycles. The number of rotatable bonds is 18. The number of fused-ring (bicyclic) bond motifs is 4. The number of aryl methyl sites for hydroxylation is 2. The third kappa shape index (κ3) is 10.3. The van der Waals surface area contributed by atoms with Crippen molar-refractivity contribution in [3.05, 3.63) is 154 Å². The van der Waals surface area contributed by atoms with Crippen molar-refractivity contribution in [3.63, 3.8) is 0 Å². The van der Waals surface area contributed by atoms with E-state index in [4.69, 9.17) is 33.2 Å². The molecule has 0 amide bonds. The van der Waals surface area contributed by atoms with Gasteiger partial charge in [-0.3, -0.25) is 9.59 Å². The molecule has 4 atom stereocenters. The van der Waals surface area contributed by atoms with Gasteiger partial charge in [-0.1, -0.05) is 59.1 Å². The van der Waals surface area contributed by atoms with Crippen LogP contribution in [-0.4, -0.2) is 60.7 Å². The summed E-state index contributed by atoms with van der Waals surface area (Å²) >= 11 is 4.69. The molecule has 3 aliphatic carbocycles. The molecule has 4 unspecified atom stereocenters. The lowest BCUT2D eigenvalue weighted by atomic mass is 9.73. The van der Waals surface area contributed by atoms with Crippen LogP contribution in [0.15, 0.2) is 118 Å². The van der Waals surface area contributed by atoms with Crippen LogP contribution in [0.3, 0.4) is 0 Å². The molecular weight excluding hydrogens is 929 g/mol. The monoisotopic (exact) mass is 974 g/mol. The normalized spacial score (nSPS) is 18.7. The second kappa shape index (κ2) is 19.8. The summed E-state index contributed by atoms with van der Waals surface area (Å²) in [4.78, 5) is 54.7. The third-order valence-corrected chi connectivity index (χ3v) is 16.7. The fourth-order valence-electron chi connectivity index (χ4n) is 8.88. The second-order valence-corrected chi connectivity index (χ2v) is 21.6. The SMILES string of the molecule is CC(OCOc1ccc(C(=O)Oc2ccc(SC(=O)c3cccc4c3C3(CC4)CCc4cccc(C(=O)Sc5ccc(OC(=O)c6ccc(OCOC(C)C7CO7)cc6)s5)c43)s2)cc1)C1CC1. The van der Waals surface area contributed by atoms with Gasteiger partial charge in [-0.25, -0.2) is 9.59 Å². The third-order valence-electron chi connectivity index (χ3n) is 12.7. The van der Waals surface area contributed by atoms with Gasteiger partial charge in [-0.05, 0) is 177 Å². The molecule has 6 aromatic rings. The maximum Gasteiger partial charge on any atom is 0.344 e. The smallest absolute Gasteiger partial charge is 0.344 e. The molecule has 67 heavy (non-hydrogen) atoms. The Hall–Kier alpha value is -5.26. The van der Waals surface area contributed by atoms with Crippen LogP contribution in [0.4, 0.5) is 0 Å². The lowest BCUT2D eigenvalue weighted by Gasteiger charge is -2.30. The summed E-state index contributed by atoms with van der Waals surface area (Å²) in [6, 6.07) is 32.2. The number of hydrogen-bond acceptors (Lipinski definition) is 15. The highest BCUT2D eigenvalue weighted by atomic mass is 32.2. The second-order valence-electron chi connectivity index (χ2n) is 17.0. The molecule has 3 heterocycles. The summed E-state index contributed by atoms with van der Waals surface area (Å²) in [6.07, 6.45) is 5.78. The molecular formula is C52H46O11S4. The van der Waals surface area contributed by atoms with Gasteiger partial charge in [-0.15, -0.1) is 0 Å². The Bertz CT molecular complexity index is 2620. The first-order valence-electron chi connectivity index (χ1n) is 22.2. The Morgan fingerprint density at radius 2 is 1.09 bits per heavy atom. The van der Waals surface area contributed by atoms with Crippen molar-refractivity contribution in [1.82, 2.24) is 0 Å². The lowest BCUT2D eigenvalue weighted by molar-refractivity contribution is -0.0381. The van der Waals surface area contributed by atoms with Gasteiger partial charge in [0.05, 0.1) is 38.4 Å². The largest absolute Gasteiger partial charge is 0.468 e. The fraction of sp³-hybridized carbons (Fsp3) is 0.308. The molecule has 15 heteroatoms. The van der Waals surface area contributed by atoms with E-state index in [2.05, 4.69) is 19.1 Å². The summed E-state index contributed by atoms with van der Waals surface area (Å²) < 4.78 is 40.7. The standard InChI is InChI=1S/C52H46O11S4/c1-30(32-9-10-32)58-28-60-37-15-11-35(12-16-37)48(53)62-42-19-21-44(64-42)66-50(55)39-7-3-5-33-23-25-52(46(33)39)26-24-34-6-4-8-40(47(34)52)51(56)67-45-22-20-43(65-45)63-49(54)36-13-17-38(18-14-36)61-29-59-31(2)41-27-57-41/h3-8,11-22,30-32,41H,9-10,23-29H2,1-2H3. The zero-order chi connectivity index (χ0) is 46.1. The van der Waals surface area contributed by atoms with Crippen molar-refractivity contribution in [2.24, 2.45) is 5.92 Å². The molecule has 10 rings (SSSR count). The molecule has 0 N–H and O–H groups in total. The van der Waals surface area contributed by atoms with E-state index in [1.54, 1.807) is 72.8 Å². The lowest BCUT2D eigenvalue weighted by Crippen LogP contribution is -2.26. The number of benzene rings is 4. The van der Waals surface area contributed by atoms with Crippen LogP contribution in [0.1, 0.15) is 103 Å². The minimum absolute atomic E-state index is 0.0520. The van der Waals surface area contributed by atoms with E-state index in [0.717, 1.165) is 71.5 Å². The molecule has 2 fully saturated rings. The van der Waals surface area contributed by atoms with E-state index in [1.807, 2.05) is 31.2 Å². The van der Waals surface area contributed by atoms with E-state index < -0.39 is 17.4 Å². The van der Waals surface area contributed by atoms with E-state index in [9.17, 15) is 19.2 Å². The Labute approximate surface area is 404 Å². The van der Waals surface area contributed by atoms with Crippen molar-refractivity contribution in [2.75, 3.05) is 20.2 Å². The summed E-state index contributed by atoms with van der Waals surface area (Å²) in [5.41, 5.74) is 5.68. The number of carbonyl (C=O) groups is 4. The van der Waals surface area contributed by atoms with Crippen LogP contribution in [0.5, 0.6) is 21.6 Å². The molecule has 1 aliphatic heterocycles. The predicted octanol–water partition coefficient (Wildman–Crippen LogP) is 11.6. The molecule has 2 aromatic heterocycles. The first-order valence-corrected chi connectivity index (χ1v) is 25.5. The quantitative estimate of drug-likeness (QED) is 0.0350. The van der Waals surface area contributed by atoms with Gasteiger partial charge in [0.15, 0.2) is 23.7 Å². The van der Waals surface area contributed by atoms with E-state index in [1.165, 1.54) is 35.5 Å². The molecule has 11 nitrogen and oxygen atoms in total. The van der Waals surface area contributed by atoms with E-state index in [-0.39, 0.29) is 42.1 Å². The van der Waals surface area contributed by atoms with Crippen LogP contribution in [0.25, 0.3) is 0 Å². The van der Waals surface area contributed by atoms with Gasteiger partial charge < -0.3 is 33.2 Å². The van der Waals surface area contributed by atoms with Gasteiger partial charge in [-0.2, -0.15) is 0 Å².